The van der Waals surface area contributed by atoms with Gasteiger partial charge in [0, 0.05) is 31.1 Å². The average molecular weight is 273 g/mol. The van der Waals surface area contributed by atoms with Gasteiger partial charge in [-0.15, -0.1) is 0 Å². The van der Waals surface area contributed by atoms with Crippen LogP contribution in [-0.2, 0) is 6.54 Å². The van der Waals surface area contributed by atoms with E-state index in [0.29, 0.717) is 12.5 Å². The third-order valence-corrected chi connectivity index (χ3v) is 3.57. The van der Waals surface area contributed by atoms with Gasteiger partial charge in [-0.1, -0.05) is 5.16 Å². The molecule has 6 nitrogen and oxygen atoms in total. The summed E-state index contributed by atoms with van der Waals surface area (Å²) in [5.41, 5.74) is 2.00. The Morgan fingerprint density at radius 2 is 2.00 bits per heavy atom. The molecule has 2 aromatic heterocycles. The lowest BCUT2D eigenvalue weighted by molar-refractivity contribution is 0.392. The molecule has 0 aromatic carbocycles. The molecule has 0 aliphatic heterocycles. The zero-order valence-corrected chi connectivity index (χ0v) is 12.0. The van der Waals surface area contributed by atoms with Crippen molar-refractivity contribution in [2.75, 3.05) is 17.7 Å². The lowest BCUT2D eigenvalue weighted by Gasteiger charge is -2.09. The van der Waals surface area contributed by atoms with Crippen molar-refractivity contribution in [3.8, 4) is 0 Å². The monoisotopic (exact) mass is 273 g/mol. The van der Waals surface area contributed by atoms with Crippen LogP contribution in [0, 0.1) is 13.8 Å². The number of anilines is 2. The summed E-state index contributed by atoms with van der Waals surface area (Å²) in [5, 5.41) is 10.4. The van der Waals surface area contributed by atoms with Crippen molar-refractivity contribution in [2.45, 2.75) is 39.2 Å². The Morgan fingerprint density at radius 1 is 1.25 bits per heavy atom. The van der Waals surface area contributed by atoms with Gasteiger partial charge in [0.2, 0.25) is 0 Å². The van der Waals surface area contributed by atoms with Gasteiger partial charge in [0.15, 0.2) is 0 Å². The zero-order chi connectivity index (χ0) is 14.1. The summed E-state index contributed by atoms with van der Waals surface area (Å²) in [7, 11) is 1.87. The summed E-state index contributed by atoms with van der Waals surface area (Å²) in [5.74, 6) is 4.00. The van der Waals surface area contributed by atoms with Gasteiger partial charge in [0.05, 0.1) is 5.69 Å². The van der Waals surface area contributed by atoms with Gasteiger partial charge in [-0.3, -0.25) is 0 Å². The van der Waals surface area contributed by atoms with Crippen molar-refractivity contribution >= 4 is 11.6 Å². The summed E-state index contributed by atoms with van der Waals surface area (Å²) in [6.07, 6.45) is 2.38. The lowest BCUT2D eigenvalue weighted by atomic mass is 10.2. The second-order valence-corrected chi connectivity index (χ2v) is 5.18. The van der Waals surface area contributed by atoms with Crippen molar-refractivity contribution in [1.82, 2.24) is 15.1 Å². The fraction of sp³-hybridized carbons (Fsp3) is 0.500. The summed E-state index contributed by atoms with van der Waals surface area (Å²) in [6, 6.07) is 1.92. The predicted molar refractivity (Wildman–Crippen MR) is 76.9 cm³/mol. The van der Waals surface area contributed by atoms with E-state index in [2.05, 4.69) is 25.8 Å². The Balaban J connectivity index is 1.78. The highest BCUT2D eigenvalue weighted by molar-refractivity contribution is 5.48. The fourth-order valence-electron chi connectivity index (χ4n) is 2.14. The second kappa shape index (κ2) is 5.11. The SMILES string of the molecule is CNc1cc(NCc2c(C)noc2C)nc(C2CC2)n1. The minimum absolute atomic E-state index is 0.530. The first-order chi connectivity index (χ1) is 9.67. The first kappa shape index (κ1) is 12.9. The largest absolute Gasteiger partial charge is 0.373 e. The molecule has 1 aliphatic rings. The molecule has 0 bridgehead atoms. The Hall–Kier alpha value is -2.11. The van der Waals surface area contributed by atoms with Crippen LogP contribution in [0.2, 0.25) is 0 Å². The summed E-state index contributed by atoms with van der Waals surface area (Å²) in [6.45, 7) is 4.53. The third kappa shape index (κ3) is 2.59. The fourth-order valence-corrected chi connectivity index (χ4v) is 2.14. The van der Waals surface area contributed by atoms with Crippen LogP contribution in [0.5, 0.6) is 0 Å². The first-order valence-corrected chi connectivity index (χ1v) is 6.89. The topological polar surface area (TPSA) is 75.9 Å². The van der Waals surface area contributed by atoms with Crippen molar-refractivity contribution in [3.05, 3.63) is 28.9 Å². The van der Waals surface area contributed by atoms with Crippen LogP contribution in [0.3, 0.4) is 0 Å². The summed E-state index contributed by atoms with van der Waals surface area (Å²) < 4.78 is 5.17. The maximum Gasteiger partial charge on any atom is 0.138 e. The van der Waals surface area contributed by atoms with Gasteiger partial charge < -0.3 is 15.2 Å². The Labute approximate surface area is 118 Å². The van der Waals surface area contributed by atoms with Gasteiger partial charge in [0.25, 0.3) is 0 Å². The molecule has 0 atom stereocenters. The number of nitrogens with zero attached hydrogens (tertiary/aromatic N) is 3. The predicted octanol–water partition coefficient (Wildman–Crippen LogP) is 2.61. The van der Waals surface area contributed by atoms with Crippen LogP contribution >= 0.6 is 0 Å². The number of hydrogen-bond acceptors (Lipinski definition) is 6. The average Bonchev–Trinajstić information content (AvgIpc) is 3.25. The summed E-state index contributed by atoms with van der Waals surface area (Å²) in [4.78, 5) is 9.09. The highest BCUT2D eigenvalue weighted by atomic mass is 16.5. The highest BCUT2D eigenvalue weighted by Gasteiger charge is 2.27. The molecule has 6 heteroatoms. The van der Waals surface area contributed by atoms with Gasteiger partial charge in [-0.05, 0) is 26.7 Å². The van der Waals surface area contributed by atoms with Crippen LogP contribution in [0.15, 0.2) is 10.6 Å². The number of aryl methyl sites for hydroxylation is 2. The molecule has 0 unspecified atom stereocenters. The minimum atomic E-state index is 0.530. The Morgan fingerprint density at radius 3 is 2.60 bits per heavy atom. The molecule has 0 amide bonds. The smallest absolute Gasteiger partial charge is 0.138 e. The maximum absolute atomic E-state index is 5.17. The lowest BCUT2D eigenvalue weighted by Crippen LogP contribution is -2.07. The normalized spacial score (nSPS) is 14.3. The van der Waals surface area contributed by atoms with E-state index in [1.807, 2.05) is 27.0 Å². The number of hydrogen-bond donors (Lipinski definition) is 2. The maximum atomic E-state index is 5.17. The highest BCUT2D eigenvalue weighted by Crippen LogP contribution is 2.38. The van der Waals surface area contributed by atoms with Crippen LogP contribution < -0.4 is 10.6 Å². The van der Waals surface area contributed by atoms with E-state index in [-0.39, 0.29) is 0 Å². The van der Waals surface area contributed by atoms with Crippen molar-refractivity contribution in [3.63, 3.8) is 0 Å². The molecule has 2 aromatic rings. The Kier molecular flexibility index (Phi) is 3.30. The van der Waals surface area contributed by atoms with E-state index in [4.69, 9.17) is 4.52 Å². The molecule has 2 heterocycles. The molecule has 0 radical (unpaired) electrons. The summed E-state index contributed by atoms with van der Waals surface area (Å²) >= 11 is 0. The quantitative estimate of drug-likeness (QED) is 0.872. The molecule has 3 rings (SSSR count). The molecular weight excluding hydrogens is 254 g/mol. The minimum Gasteiger partial charge on any atom is -0.373 e. The zero-order valence-electron chi connectivity index (χ0n) is 12.0. The van der Waals surface area contributed by atoms with Gasteiger partial charge in [0.1, 0.15) is 23.2 Å². The molecule has 0 spiro atoms. The standard InChI is InChI=1S/C14H19N5O/c1-8-11(9(2)20-19-8)7-16-13-6-12(15-3)17-14(18-13)10-4-5-10/h6,10H,4-5,7H2,1-3H3,(H2,15,16,17,18). The van der Waals surface area contributed by atoms with E-state index in [0.717, 1.165) is 34.5 Å². The molecule has 1 fully saturated rings. The number of rotatable bonds is 5. The van der Waals surface area contributed by atoms with E-state index < -0.39 is 0 Å². The third-order valence-electron chi connectivity index (χ3n) is 3.57. The molecule has 20 heavy (non-hydrogen) atoms. The molecule has 1 saturated carbocycles. The van der Waals surface area contributed by atoms with Crippen molar-refractivity contribution in [1.29, 1.82) is 0 Å². The van der Waals surface area contributed by atoms with Crippen LogP contribution in [0.25, 0.3) is 0 Å². The molecule has 0 saturated heterocycles. The first-order valence-electron chi connectivity index (χ1n) is 6.89. The van der Waals surface area contributed by atoms with Crippen LogP contribution in [0.1, 0.15) is 41.6 Å². The van der Waals surface area contributed by atoms with Crippen LogP contribution in [0.4, 0.5) is 11.6 Å². The molecule has 1 aliphatic carbocycles. The van der Waals surface area contributed by atoms with E-state index in [1.54, 1.807) is 0 Å². The van der Waals surface area contributed by atoms with E-state index in [1.165, 1.54) is 12.8 Å². The van der Waals surface area contributed by atoms with E-state index >= 15 is 0 Å². The van der Waals surface area contributed by atoms with Crippen LogP contribution in [-0.4, -0.2) is 22.2 Å². The van der Waals surface area contributed by atoms with Crippen molar-refractivity contribution in [2.24, 2.45) is 0 Å². The van der Waals surface area contributed by atoms with Gasteiger partial charge in [-0.25, -0.2) is 9.97 Å². The molecule has 106 valence electrons. The van der Waals surface area contributed by atoms with E-state index in [9.17, 15) is 0 Å². The van der Waals surface area contributed by atoms with Gasteiger partial charge >= 0.3 is 0 Å². The number of nitrogens with one attached hydrogen (secondary N) is 2. The number of aromatic nitrogens is 3. The van der Waals surface area contributed by atoms with Crippen molar-refractivity contribution < 1.29 is 4.52 Å². The van der Waals surface area contributed by atoms with Gasteiger partial charge in [-0.2, -0.15) is 0 Å². The Bertz CT molecular complexity index is 599. The molecule has 2 N–H and O–H groups in total. The molecular formula is C14H19N5O. The second-order valence-electron chi connectivity index (χ2n) is 5.18.